The van der Waals surface area contributed by atoms with Crippen molar-refractivity contribution in [3.8, 4) is 0 Å². The lowest BCUT2D eigenvalue weighted by Crippen LogP contribution is -2.14. The Morgan fingerprint density at radius 1 is 1.11 bits per heavy atom. The third-order valence-corrected chi connectivity index (χ3v) is 4.81. The normalized spacial score (nSPS) is 12.2. The van der Waals surface area contributed by atoms with Crippen LogP contribution >= 0.6 is 43.5 Å². The molecule has 2 aromatic rings. The highest BCUT2D eigenvalue weighted by molar-refractivity contribution is 9.13. The minimum atomic E-state index is -0.178. The number of rotatable bonds is 4. The second kappa shape index (κ2) is 6.75. The van der Waals surface area contributed by atoms with E-state index in [0.717, 1.165) is 20.2 Å². The van der Waals surface area contributed by atoms with Gasteiger partial charge in [0.05, 0.1) is 12.6 Å². The Morgan fingerprint density at radius 3 is 2.53 bits per heavy atom. The van der Waals surface area contributed by atoms with Gasteiger partial charge >= 0.3 is 0 Å². The molecule has 0 bridgehead atoms. The zero-order valence-electron chi connectivity index (χ0n) is 9.91. The SMILES string of the molecule is OCC(Nc1cccc(Cl)c1)c1ccc(Br)c(Br)c1. The van der Waals surface area contributed by atoms with Crippen molar-refractivity contribution in [2.24, 2.45) is 0 Å². The molecule has 19 heavy (non-hydrogen) atoms. The first-order valence-corrected chi connectivity index (χ1v) is 7.64. The van der Waals surface area contributed by atoms with Crippen LogP contribution in [0.1, 0.15) is 11.6 Å². The van der Waals surface area contributed by atoms with E-state index in [1.165, 1.54) is 0 Å². The molecule has 0 aliphatic heterocycles. The van der Waals surface area contributed by atoms with Crippen molar-refractivity contribution in [2.75, 3.05) is 11.9 Å². The first kappa shape index (κ1) is 14.9. The summed E-state index contributed by atoms with van der Waals surface area (Å²) in [5, 5.41) is 13.5. The van der Waals surface area contributed by atoms with Gasteiger partial charge in [0.25, 0.3) is 0 Å². The van der Waals surface area contributed by atoms with Gasteiger partial charge in [-0.15, -0.1) is 0 Å². The van der Waals surface area contributed by atoms with Gasteiger partial charge < -0.3 is 10.4 Å². The summed E-state index contributed by atoms with van der Waals surface area (Å²) in [6.07, 6.45) is 0. The van der Waals surface area contributed by atoms with Crippen LogP contribution < -0.4 is 5.32 Å². The fourth-order valence-corrected chi connectivity index (χ4v) is 2.58. The molecule has 0 aliphatic rings. The molecular formula is C14H12Br2ClNO. The summed E-state index contributed by atoms with van der Waals surface area (Å²) in [4.78, 5) is 0. The minimum Gasteiger partial charge on any atom is -0.394 e. The molecule has 100 valence electrons. The molecule has 0 saturated carbocycles. The lowest BCUT2D eigenvalue weighted by atomic mass is 10.1. The Balaban J connectivity index is 2.22. The lowest BCUT2D eigenvalue weighted by Gasteiger charge is -2.18. The fraction of sp³-hybridized carbons (Fsp3) is 0.143. The highest BCUT2D eigenvalue weighted by atomic mass is 79.9. The highest BCUT2D eigenvalue weighted by Crippen LogP contribution is 2.28. The second-order valence-electron chi connectivity index (χ2n) is 4.06. The highest BCUT2D eigenvalue weighted by Gasteiger charge is 2.11. The van der Waals surface area contributed by atoms with Gasteiger partial charge in [0.2, 0.25) is 0 Å². The van der Waals surface area contributed by atoms with Crippen LogP contribution in [-0.4, -0.2) is 11.7 Å². The topological polar surface area (TPSA) is 32.3 Å². The molecule has 0 amide bonds. The van der Waals surface area contributed by atoms with Crippen molar-refractivity contribution in [3.05, 3.63) is 62.0 Å². The molecule has 0 saturated heterocycles. The van der Waals surface area contributed by atoms with Gasteiger partial charge in [0.15, 0.2) is 0 Å². The number of nitrogens with one attached hydrogen (secondary N) is 1. The van der Waals surface area contributed by atoms with Gasteiger partial charge in [-0.1, -0.05) is 23.7 Å². The van der Waals surface area contributed by atoms with E-state index in [1.54, 1.807) is 0 Å². The van der Waals surface area contributed by atoms with Crippen LogP contribution in [0.4, 0.5) is 5.69 Å². The largest absolute Gasteiger partial charge is 0.394 e. The van der Waals surface area contributed by atoms with E-state index in [2.05, 4.69) is 37.2 Å². The molecule has 2 aromatic carbocycles. The quantitative estimate of drug-likeness (QED) is 0.749. The molecule has 1 atom stereocenters. The van der Waals surface area contributed by atoms with Crippen molar-refractivity contribution in [1.82, 2.24) is 0 Å². The number of benzene rings is 2. The van der Waals surface area contributed by atoms with Crippen LogP contribution in [0.2, 0.25) is 5.02 Å². The molecule has 0 fully saturated rings. The Morgan fingerprint density at radius 2 is 1.89 bits per heavy atom. The van der Waals surface area contributed by atoms with Crippen LogP contribution in [0.5, 0.6) is 0 Å². The van der Waals surface area contributed by atoms with Crippen molar-refractivity contribution in [3.63, 3.8) is 0 Å². The number of hydrogen-bond acceptors (Lipinski definition) is 2. The van der Waals surface area contributed by atoms with Gasteiger partial charge in [-0.3, -0.25) is 0 Å². The molecular weight excluding hydrogens is 393 g/mol. The predicted molar refractivity (Wildman–Crippen MR) is 86.7 cm³/mol. The number of aliphatic hydroxyl groups excluding tert-OH is 1. The maximum Gasteiger partial charge on any atom is 0.0745 e. The third-order valence-electron chi connectivity index (χ3n) is 2.69. The zero-order valence-corrected chi connectivity index (χ0v) is 13.8. The maximum absolute atomic E-state index is 9.55. The monoisotopic (exact) mass is 403 g/mol. The average Bonchev–Trinajstić information content (AvgIpc) is 2.39. The van der Waals surface area contributed by atoms with Crippen LogP contribution in [0.15, 0.2) is 51.4 Å². The molecule has 0 heterocycles. The molecule has 2 nitrogen and oxygen atoms in total. The Bertz CT molecular complexity index is 577. The fourth-order valence-electron chi connectivity index (χ4n) is 1.74. The summed E-state index contributed by atoms with van der Waals surface area (Å²) in [6, 6.07) is 13.1. The van der Waals surface area contributed by atoms with Crippen LogP contribution in [0.25, 0.3) is 0 Å². The first-order chi connectivity index (χ1) is 9.10. The molecule has 0 spiro atoms. The molecule has 1 unspecified atom stereocenters. The van der Waals surface area contributed by atoms with E-state index in [1.807, 2.05) is 42.5 Å². The number of anilines is 1. The summed E-state index contributed by atoms with van der Waals surface area (Å²) >= 11 is 12.8. The molecule has 0 aromatic heterocycles. The van der Waals surface area contributed by atoms with E-state index >= 15 is 0 Å². The van der Waals surface area contributed by atoms with Crippen LogP contribution in [0, 0.1) is 0 Å². The Kier molecular flexibility index (Phi) is 5.28. The maximum atomic E-state index is 9.55. The number of aliphatic hydroxyl groups is 1. The lowest BCUT2D eigenvalue weighted by molar-refractivity contribution is 0.276. The smallest absolute Gasteiger partial charge is 0.0745 e. The van der Waals surface area contributed by atoms with E-state index < -0.39 is 0 Å². The van der Waals surface area contributed by atoms with Crippen molar-refractivity contribution in [2.45, 2.75) is 6.04 Å². The standard InChI is InChI=1S/C14H12Br2ClNO/c15-12-5-4-9(6-13(12)16)14(8-19)18-11-3-1-2-10(17)7-11/h1-7,14,18-19H,8H2. The van der Waals surface area contributed by atoms with E-state index in [9.17, 15) is 5.11 Å². The molecule has 2 rings (SSSR count). The number of hydrogen-bond donors (Lipinski definition) is 2. The van der Waals surface area contributed by atoms with Crippen molar-refractivity contribution < 1.29 is 5.11 Å². The van der Waals surface area contributed by atoms with Gasteiger partial charge in [-0.2, -0.15) is 0 Å². The van der Waals surface area contributed by atoms with Gasteiger partial charge in [-0.25, -0.2) is 0 Å². The molecule has 0 aliphatic carbocycles. The zero-order chi connectivity index (χ0) is 13.8. The van der Waals surface area contributed by atoms with Crippen LogP contribution in [0.3, 0.4) is 0 Å². The molecule has 5 heteroatoms. The van der Waals surface area contributed by atoms with Gasteiger partial charge in [-0.05, 0) is 67.8 Å². The first-order valence-electron chi connectivity index (χ1n) is 5.68. The second-order valence-corrected chi connectivity index (χ2v) is 6.21. The van der Waals surface area contributed by atoms with E-state index in [-0.39, 0.29) is 12.6 Å². The average molecular weight is 406 g/mol. The summed E-state index contributed by atoms with van der Waals surface area (Å²) in [5.41, 5.74) is 1.88. The van der Waals surface area contributed by atoms with E-state index in [4.69, 9.17) is 11.6 Å². The van der Waals surface area contributed by atoms with Gasteiger partial charge in [0.1, 0.15) is 0 Å². The van der Waals surface area contributed by atoms with Gasteiger partial charge in [0, 0.05) is 19.7 Å². The van der Waals surface area contributed by atoms with Crippen LogP contribution in [-0.2, 0) is 0 Å². The summed E-state index contributed by atoms with van der Waals surface area (Å²) < 4.78 is 1.94. The van der Waals surface area contributed by atoms with E-state index in [0.29, 0.717) is 5.02 Å². The van der Waals surface area contributed by atoms with Crippen molar-refractivity contribution >= 4 is 49.1 Å². The summed E-state index contributed by atoms with van der Waals surface area (Å²) in [6.45, 7) is 0.000581. The Hall–Kier alpha value is -0.550. The number of halogens is 3. The third kappa shape index (κ3) is 3.96. The summed E-state index contributed by atoms with van der Waals surface area (Å²) in [5.74, 6) is 0. The molecule has 0 radical (unpaired) electrons. The predicted octanol–water partition coefficient (Wildman–Crippen LogP) is 5.01. The minimum absolute atomic E-state index is 0.000581. The summed E-state index contributed by atoms with van der Waals surface area (Å²) in [7, 11) is 0. The molecule has 2 N–H and O–H groups in total. The van der Waals surface area contributed by atoms with Crippen molar-refractivity contribution in [1.29, 1.82) is 0 Å². The Labute approximate surface area is 134 Å².